The molecule has 0 aliphatic carbocycles. The molecule has 4 rings (SSSR count). The molecule has 2 aromatic carbocycles. The number of aromatic nitrogens is 2. The number of halogens is 2. The minimum atomic E-state index is -0.632. The summed E-state index contributed by atoms with van der Waals surface area (Å²) in [6, 6.07) is 14.3. The lowest BCUT2D eigenvalue weighted by Crippen LogP contribution is -2.16. The molecule has 0 saturated heterocycles. The molecular formula is C19H13ClFN3OS. The Kier molecular flexibility index (Phi) is 4.44. The van der Waals surface area contributed by atoms with E-state index in [2.05, 4.69) is 10.3 Å². The number of nitrogens with one attached hydrogen (secondary N) is 1. The Morgan fingerprint density at radius 2 is 2.00 bits per heavy atom. The molecule has 1 N–H and O–H groups in total. The Hall–Kier alpha value is -2.70. The van der Waals surface area contributed by atoms with Gasteiger partial charge in [-0.15, -0.1) is 11.3 Å². The Bertz CT molecular complexity index is 1090. The van der Waals surface area contributed by atoms with Gasteiger partial charge in [-0.25, -0.2) is 9.37 Å². The number of amides is 1. The number of benzene rings is 2. The van der Waals surface area contributed by atoms with E-state index >= 15 is 0 Å². The molecule has 0 unspecified atom stereocenters. The highest BCUT2D eigenvalue weighted by molar-refractivity contribution is 7.15. The second-order valence-corrected chi connectivity index (χ2v) is 6.94. The lowest BCUT2D eigenvalue weighted by molar-refractivity contribution is -0.115. The van der Waals surface area contributed by atoms with Gasteiger partial charge in [0.1, 0.15) is 0 Å². The minimum absolute atomic E-state index is 0.0252. The van der Waals surface area contributed by atoms with Crippen LogP contribution in [0.2, 0.25) is 5.02 Å². The lowest BCUT2D eigenvalue weighted by atomic mass is 10.2. The highest BCUT2D eigenvalue weighted by atomic mass is 35.5. The molecule has 2 aromatic heterocycles. The van der Waals surface area contributed by atoms with Crippen LogP contribution in [0.5, 0.6) is 0 Å². The first-order valence-corrected chi connectivity index (χ1v) is 9.12. The summed E-state index contributed by atoms with van der Waals surface area (Å²) >= 11 is 7.20. The molecule has 0 saturated carbocycles. The maximum atomic E-state index is 13.9. The standard InChI is InChI=1S/C19H13ClFN3OS/c20-14-7-4-8-15(18(14)21)22-17(25)9-13-11-26-19-23-16(10-24(13)19)12-5-2-1-3-6-12/h1-8,10-11H,9H2,(H,22,25). The smallest absolute Gasteiger partial charge is 0.230 e. The highest BCUT2D eigenvalue weighted by Gasteiger charge is 2.14. The van der Waals surface area contributed by atoms with Gasteiger partial charge in [0.05, 0.1) is 22.8 Å². The lowest BCUT2D eigenvalue weighted by Gasteiger charge is -2.06. The molecule has 0 bridgehead atoms. The molecule has 0 radical (unpaired) electrons. The Morgan fingerprint density at radius 3 is 2.81 bits per heavy atom. The number of hydrogen-bond acceptors (Lipinski definition) is 3. The topological polar surface area (TPSA) is 46.4 Å². The summed E-state index contributed by atoms with van der Waals surface area (Å²) in [5.41, 5.74) is 2.73. The fourth-order valence-corrected chi connectivity index (χ4v) is 3.71. The molecule has 0 fully saturated rings. The van der Waals surface area contributed by atoms with Crippen LogP contribution in [-0.4, -0.2) is 15.3 Å². The number of thiazole rings is 1. The first-order chi connectivity index (χ1) is 12.6. The zero-order chi connectivity index (χ0) is 18.1. The summed E-state index contributed by atoms with van der Waals surface area (Å²) in [4.78, 5) is 17.7. The molecular weight excluding hydrogens is 373 g/mol. The van der Waals surface area contributed by atoms with Crippen LogP contribution in [0.4, 0.5) is 10.1 Å². The van der Waals surface area contributed by atoms with E-state index in [1.54, 1.807) is 6.07 Å². The second-order valence-electron chi connectivity index (χ2n) is 5.70. The summed E-state index contributed by atoms with van der Waals surface area (Å²) in [5.74, 6) is -0.951. The largest absolute Gasteiger partial charge is 0.323 e. The van der Waals surface area contributed by atoms with Gasteiger partial charge in [0.2, 0.25) is 5.91 Å². The fourth-order valence-electron chi connectivity index (χ4n) is 2.66. The monoisotopic (exact) mass is 385 g/mol. The Labute approximate surface area is 157 Å². The van der Waals surface area contributed by atoms with Gasteiger partial charge in [-0.2, -0.15) is 0 Å². The van der Waals surface area contributed by atoms with E-state index < -0.39 is 5.82 Å². The zero-order valence-corrected chi connectivity index (χ0v) is 15.0. The molecule has 130 valence electrons. The maximum Gasteiger partial charge on any atom is 0.230 e. The van der Waals surface area contributed by atoms with Crippen LogP contribution in [0.15, 0.2) is 60.1 Å². The van der Waals surface area contributed by atoms with Crippen molar-refractivity contribution < 1.29 is 9.18 Å². The average molecular weight is 386 g/mol. The molecule has 0 spiro atoms. The van der Waals surface area contributed by atoms with Crippen molar-refractivity contribution in [3.8, 4) is 11.3 Å². The van der Waals surface area contributed by atoms with Crippen LogP contribution in [0, 0.1) is 5.82 Å². The van der Waals surface area contributed by atoms with Crippen molar-refractivity contribution >= 4 is 39.5 Å². The molecule has 1 amide bonds. The number of rotatable bonds is 4. The molecule has 0 aliphatic heterocycles. The van der Waals surface area contributed by atoms with Gasteiger partial charge in [0.25, 0.3) is 0 Å². The van der Waals surface area contributed by atoms with Crippen molar-refractivity contribution in [1.82, 2.24) is 9.38 Å². The van der Waals surface area contributed by atoms with Crippen molar-refractivity contribution in [1.29, 1.82) is 0 Å². The summed E-state index contributed by atoms with van der Waals surface area (Å²) in [5, 5.41) is 4.42. The third kappa shape index (κ3) is 3.21. The van der Waals surface area contributed by atoms with Gasteiger partial charge in [-0.1, -0.05) is 48.0 Å². The number of carbonyl (C=O) groups excluding carboxylic acids is 1. The van der Waals surface area contributed by atoms with Gasteiger partial charge < -0.3 is 5.32 Å². The SMILES string of the molecule is O=C(Cc1csc2nc(-c3ccccc3)cn12)Nc1cccc(Cl)c1F. The number of imidazole rings is 1. The predicted molar refractivity (Wildman–Crippen MR) is 102 cm³/mol. The first kappa shape index (κ1) is 16.8. The molecule has 7 heteroatoms. The number of anilines is 1. The Morgan fingerprint density at radius 1 is 1.19 bits per heavy atom. The van der Waals surface area contributed by atoms with E-state index in [9.17, 15) is 9.18 Å². The van der Waals surface area contributed by atoms with Crippen molar-refractivity contribution in [2.75, 3.05) is 5.32 Å². The van der Waals surface area contributed by atoms with Crippen molar-refractivity contribution in [2.24, 2.45) is 0 Å². The van der Waals surface area contributed by atoms with Crippen molar-refractivity contribution in [3.63, 3.8) is 0 Å². The van der Waals surface area contributed by atoms with E-state index in [0.717, 1.165) is 21.9 Å². The molecule has 4 nitrogen and oxygen atoms in total. The number of hydrogen-bond donors (Lipinski definition) is 1. The van der Waals surface area contributed by atoms with E-state index in [1.165, 1.54) is 23.5 Å². The Balaban J connectivity index is 1.56. The number of carbonyl (C=O) groups is 1. The minimum Gasteiger partial charge on any atom is -0.323 e. The first-order valence-electron chi connectivity index (χ1n) is 7.86. The van der Waals surface area contributed by atoms with Gasteiger partial charge in [-0.3, -0.25) is 9.20 Å². The van der Waals surface area contributed by atoms with E-state index in [0.29, 0.717) is 0 Å². The van der Waals surface area contributed by atoms with Gasteiger partial charge in [-0.05, 0) is 12.1 Å². The predicted octanol–water partition coefficient (Wildman–Crippen LogP) is 5.04. The van der Waals surface area contributed by atoms with E-state index in [1.807, 2.05) is 46.3 Å². The summed E-state index contributed by atoms with van der Waals surface area (Å²) in [6.45, 7) is 0. The van der Waals surface area contributed by atoms with Crippen LogP contribution >= 0.6 is 22.9 Å². The van der Waals surface area contributed by atoms with Gasteiger partial charge >= 0.3 is 0 Å². The fraction of sp³-hybridized carbons (Fsp3) is 0.0526. The molecule has 0 atom stereocenters. The quantitative estimate of drug-likeness (QED) is 0.535. The highest BCUT2D eigenvalue weighted by Crippen LogP contribution is 2.25. The molecule has 0 aliphatic rings. The summed E-state index contributed by atoms with van der Waals surface area (Å²) in [7, 11) is 0. The summed E-state index contributed by atoms with van der Waals surface area (Å²) in [6.07, 6.45) is 2.01. The average Bonchev–Trinajstić information content (AvgIpc) is 3.22. The van der Waals surface area contributed by atoms with Gasteiger partial charge in [0.15, 0.2) is 10.8 Å². The van der Waals surface area contributed by atoms with Gasteiger partial charge in [0, 0.05) is 22.8 Å². The second kappa shape index (κ2) is 6.90. The van der Waals surface area contributed by atoms with Crippen molar-refractivity contribution in [3.05, 3.63) is 76.6 Å². The van der Waals surface area contributed by atoms with Crippen LogP contribution in [0.1, 0.15) is 5.69 Å². The third-order valence-corrected chi connectivity index (χ3v) is 5.10. The van der Waals surface area contributed by atoms with E-state index in [4.69, 9.17) is 11.6 Å². The van der Waals surface area contributed by atoms with Crippen LogP contribution < -0.4 is 5.32 Å². The van der Waals surface area contributed by atoms with Crippen LogP contribution in [0.3, 0.4) is 0 Å². The molecule has 26 heavy (non-hydrogen) atoms. The normalized spacial score (nSPS) is 11.0. The zero-order valence-electron chi connectivity index (χ0n) is 13.4. The number of nitrogens with zero attached hydrogens (tertiary/aromatic N) is 2. The molecule has 2 heterocycles. The number of fused-ring (bicyclic) bond motifs is 1. The molecule has 4 aromatic rings. The van der Waals surface area contributed by atoms with Crippen LogP contribution in [-0.2, 0) is 11.2 Å². The maximum absolute atomic E-state index is 13.9. The van der Waals surface area contributed by atoms with Crippen molar-refractivity contribution in [2.45, 2.75) is 6.42 Å². The third-order valence-electron chi connectivity index (χ3n) is 3.92. The van der Waals surface area contributed by atoms with E-state index in [-0.39, 0.29) is 23.0 Å². The summed E-state index contributed by atoms with van der Waals surface area (Å²) < 4.78 is 15.8. The van der Waals surface area contributed by atoms with Crippen LogP contribution in [0.25, 0.3) is 16.2 Å².